The molecule has 1 aromatic heterocycles. The Balaban J connectivity index is 1.42. The lowest BCUT2D eigenvalue weighted by Crippen LogP contribution is -2.47. The Bertz CT molecular complexity index is 617. The smallest absolute Gasteiger partial charge is 0.119 e. The minimum absolute atomic E-state index is 0.0975. The highest BCUT2D eigenvalue weighted by Crippen LogP contribution is 2.11. The van der Waals surface area contributed by atoms with Gasteiger partial charge in [0.05, 0.1) is 25.5 Å². The van der Waals surface area contributed by atoms with E-state index in [-0.39, 0.29) is 6.10 Å². The third-order valence-electron chi connectivity index (χ3n) is 4.03. The van der Waals surface area contributed by atoms with Crippen molar-refractivity contribution in [2.24, 2.45) is 0 Å². The van der Waals surface area contributed by atoms with E-state index in [1.54, 1.807) is 0 Å². The summed E-state index contributed by atoms with van der Waals surface area (Å²) in [6.45, 7) is 5.95. The summed E-state index contributed by atoms with van der Waals surface area (Å²) >= 11 is 0. The molecular formula is C18H25N3O3. The monoisotopic (exact) mass is 331 g/mol. The van der Waals surface area contributed by atoms with E-state index in [0.29, 0.717) is 19.8 Å². The van der Waals surface area contributed by atoms with Gasteiger partial charge >= 0.3 is 0 Å². The lowest BCUT2D eigenvalue weighted by atomic mass is 10.2. The molecule has 2 unspecified atom stereocenters. The largest absolute Gasteiger partial charge is 0.491 e. The van der Waals surface area contributed by atoms with Gasteiger partial charge in [0.2, 0.25) is 0 Å². The van der Waals surface area contributed by atoms with Crippen molar-refractivity contribution in [1.29, 1.82) is 0 Å². The van der Waals surface area contributed by atoms with Gasteiger partial charge in [-0.1, -0.05) is 18.2 Å². The van der Waals surface area contributed by atoms with E-state index in [1.165, 1.54) is 0 Å². The topological polar surface area (TPSA) is 59.8 Å². The normalized spacial score (nSPS) is 20.0. The Labute approximate surface area is 142 Å². The zero-order chi connectivity index (χ0) is 16.8. The average Bonchev–Trinajstić information content (AvgIpc) is 2.99. The molecule has 0 aliphatic carbocycles. The van der Waals surface area contributed by atoms with E-state index in [4.69, 9.17) is 9.47 Å². The van der Waals surface area contributed by atoms with E-state index in [0.717, 1.165) is 30.9 Å². The number of aliphatic hydroxyl groups excluding tert-OH is 1. The number of hydrogen-bond donors (Lipinski definition) is 1. The first-order valence-corrected chi connectivity index (χ1v) is 8.38. The molecule has 2 atom stereocenters. The van der Waals surface area contributed by atoms with Crippen molar-refractivity contribution in [2.45, 2.75) is 25.7 Å². The molecule has 0 bridgehead atoms. The standard InChI is InChI=1S/C18H25N3O3/c1-15-9-19-21(10-15)13-18-12-20(7-8-23-18)11-16(22)14-24-17-5-3-2-4-6-17/h2-6,9-10,16,18,22H,7-8,11-14H2,1H3. The van der Waals surface area contributed by atoms with E-state index >= 15 is 0 Å². The molecule has 3 rings (SSSR count). The van der Waals surface area contributed by atoms with Gasteiger partial charge in [0.1, 0.15) is 18.5 Å². The van der Waals surface area contributed by atoms with Crippen LogP contribution in [0.5, 0.6) is 5.75 Å². The molecule has 1 saturated heterocycles. The van der Waals surface area contributed by atoms with Crippen molar-refractivity contribution in [1.82, 2.24) is 14.7 Å². The maximum Gasteiger partial charge on any atom is 0.119 e. The van der Waals surface area contributed by atoms with Crippen LogP contribution in [0.4, 0.5) is 0 Å². The fourth-order valence-corrected chi connectivity index (χ4v) is 2.89. The molecule has 0 spiro atoms. The van der Waals surface area contributed by atoms with Crippen molar-refractivity contribution in [3.8, 4) is 5.75 Å². The fourth-order valence-electron chi connectivity index (χ4n) is 2.89. The summed E-state index contributed by atoms with van der Waals surface area (Å²) in [4.78, 5) is 2.23. The van der Waals surface area contributed by atoms with Crippen molar-refractivity contribution < 1.29 is 14.6 Å². The first-order valence-electron chi connectivity index (χ1n) is 8.38. The summed E-state index contributed by atoms with van der Waals surface area (Å²) < 4.78 is 13.3. The number of benzene rings is 1. The first-order chi connectivity index (χ1) is 11.7. The second kappa shape index (κ2) is 8.28. The highest BCUT2D eigenvalue weighted by atomic mass is 16.5. The molecule has 2 heterocycles. The number of morpholine rings is 1. The van der Waals surface area contributed by atoms with Crippen LogP contribution in [-0.2, 0) is 11.3 Å². The zero-order valence-corrected chi connectivity index (χ0v) is 14.0. The van der Waals surface area contributed by atoms with E-state index in [1.807, 2.05) is 54.3 Å². The van der Waals surface area contributed by atoms with Gasteiger partial charge in [-0.3, -0.25) is 9.58 Å². The number of para-hydroxylation sites is 1. The third-order valence-corrected chi connectivity index (χ3v) is 4.03. The Kier molecular flexibility index (Phi) is 5.85. The Morgan fingerprint density at radius 3 is 2.96 bits per heavy atom. The van der Waals surface area contributed by atoms with Gasteiger partial charge < -0.3 is 14.6 Å². The quantitative estimate of drug-likeness (QED) is 0.829. The summed E-state index contributed by atoms with van der Waals surface area (Å²) in [6.07, 6.45) is 3.45. The van der Waals surface area contributed by atoms with Crippen molar-refractivity contribution >= 4 is 0 Å². The molecule has 1 aromatic carbocycles. The van der Waals surface area contributed by atoms with Crippen molar-refractivity contribution in [2.75, 3.05) is 32.8 Å². The second-order valence-corrected chi connectivity index (χ2v) is 6.27. The molecule has 0 amide bonds. The van der Waals surface area contributed by atoms with Gasteiger partial charge in [0, 0.05) is 25.8 Å². The predicted molar refractivity (Wildman–Crippen MR) is 91.1 cm³/mol. The minimum atomic E-state index is -0.518. The van der Waals surface area contributed by atoms with Gasteiger partial charge in [0.25, 0.3) is 0 Å². The van der Waals surface area contributed by atoms with Gasteiger partial charge in [-0.25, -0.2) is 0 Å². The fraction of sp³-hybridized carbons (Fsp3) is 0.500. The molecule has 0 radical (unpaired) electrons. The molecule has 24 heavy (non-hydrogen) atoms. The molecular weight excluding hydrogens is 306 g/mol. The number of aliphatic hydroxyl groups is 1. The van der Waals surface area contributed by atoms with Crippen LogP contribution in [0.15, 0.2) is 42.7 Å². The van der Waals surface area contributed by atoms with Crippen LogP contribution in [0.25, 0.3) is 0 Å². The van der Waals surface area contributed by atoms with Crippen LogP contribution in [0.3, 0.4) is 0 Å². The number of aryl methyl sites for hydroxylation is 1. The van der Waals surface area contributed by atoms with Crippen LogP contribution in [-0.4, -0.2) is 64.8 Å². The molecule has 1 fully saturated rings. The number of hydrogen-bond acceptors (Lipinski definition) is 5. The van der Waals surface area contributed by atoms with Crippen LogP contribution in [0, 0.1) is 6.92 Å². The Morgan fingerprint density at radius 2 is 2.21 bits per heavy atom. The maximum atomic E-state index is 10.2. The first kappa shape index (κ1) is 17.0. The van der Waals surface area contributed by atoms with Crippen molar-refractivity contribution in [3.63, 3.8) is 0 Å². The highest BCUT2D eigenvalue weighted by molar-refractivity contribution is 5.20. The van der Waals surface area contributed by atoms with Crippen LogP contribution in [0.2, 0.25) is 0 Å². The zero-order valence-electron chi connectivity index (χ0n) is 14.0. The SMILES string of the molecule is Cc1cnn(CC2CN(CC(O)COc3ccccc3)CCO2)c1. The summed E-state index contributed by atoms with van der Waals surface area (Å²) in [5, 5.41) is 14.5. The van der Waals surface area contributed by atoms with Crippen molar-refractivity contribution in [3.05, 3.63) is 48.3 Å². The van der Waals surface area contributed by atoms with Gasteiger partial charge in [-0.05, 0) is 24.6 Å². The second-order valence-electron chi connectivity index (χ2n) is 6.27. The van der Waals surface area contributed by atoms with E-state index in [9.17, 15) is 5.11 Å². The minimum Gasteiger partial charge on any atom is -0.491 e. The molecule has 6 nitrogen and oxygen atoms in total. The molecule has 1 aliphatic rings. The number of β-amino-alcohol motifs (C(OH)–C–C–N with tert-alkyl or cyclic N) is 1. The summed E-state index contributed by atoms with van der Waals surface area (Å²) in [5.74, 6) is 0.783. The van der Waals surface area contributed by atoms with E-state index < -0.39 is 6.10 Å². The molecule has 0 saturated carbocycles. The lowest BCUT2D eigenvalue weighted by Gasteiger charge is -2.33. The molecule has 2 aromatic rings. The third kappa shape index (κ3) is 5.06. The summed E-state index contributed by atoms with van der Waals surface area (Å²) in [5.41, 5.74) is 1.15. The number of nitrogens with zero attached hydrogens (tertiary/aromatic N) is 3. The van der Waals surface area contributed by atoms with Crippen LogP contribution < -0.4 is 4.74 Å². The average molecular weight is 331 g/mol. The molecule has 1 N–H and O–H groups in total. The summed E-state index contributed by atoms with van der Waals surface area (Å²) in [7, 11) is 0. The molecule has 1 aliphatic heterocycles. The lowest BCUT2D eigenvalue weighted by molar-refractivity contribution is -0.0517. The van der Waals surface area contributed by atoms with Gasteiger partial charge in [-0.2, -0.15) is 5.10 Å². The maximum absolute atomic E-state index is 10.2. The Morgan fingerprint density at radius 1 is 1.38 bits per heavy atom. The van der Waals surface area contributed by atoms with Crippen LogP contribution in [0.1, 0.15) is 5.56 Å². The van der Waals surface area contributed by atoms with Gasteiger partial charge in [0.15, 0.2) is 0 Å². The number of rotatable bonds is 7. The number of ether oxygens (including phenoxy) is 2. The molecule has 6 heteroatoms. The van der Waals surface area contributed by atoms with Crippen LogP contribution >= 0.6 is 0 Å². The Hall–Kier alpha value is -1.89. The predicted octanol–water partition coefficient (Wildman–Crippen LogP) is 1.33. The molecule has 130 valence electrons. The van der Waals surface area contributed by atoms with E-state index in [2.05, 4.69) is 10.00 Å². The summed E-state index contributed by atoms with van der Waals surface area (Å²) in [6, 6.07) is 9.57. The number of aromatic nitrogens is 2. The highest BCUT2D eigenvalue weighted by Gasteiger charge is 2.23. The van der Waals surface area contributed by atoms with Gasteiger partial charge in [-0.15, -0.1) is 0 Å².